The molecule has 5 heteroatoms. The average Bonchev–Trinajstić information content (AvgIpc) is 2.49. The summed E-state index contributed by atoms with van der Waals surface area (Å²) in [5.74, 6) is 0. The fourth-order valence-corrected chi connectivity index (χ4v) is 1.12. The van der Waals surface area contributed by atoms with Gasteiger partial charge in [0.1, 0.15) is 0 Å². The molecular formula is C7H6BNO3. The van der Waals surface area contributed by atoms with Crippen molar-refractivity contribution in [2.75, 3.05) is 0 Å². The lowest BCUT2D eigenvalue weighted by Crippen LogP contribution is -2.29. The van der Waals surface area contributed by atoms with Crippen LogP contribution in [-0.2, 0) is 0 Å². The number of hydrogen-bond donors (Lipinski definition) is 2. The highest BCUT2D eigenvalue weighted by Crippen LogP contribution is 2.09. The standard InChI is InChI=1S/C7H6BNO3/c10-8(11)6-3-1-2-5-4-9-12-7(5)6/h1-4,10-11H. The molecule has 0 bridgehead atoms. The molecule has 2 aromatic rings. The molecular weight excluding hydrogens is 157 g/mol. The lowest BCUT2D eigenvalue weighted by molar-refractivity contribution is 0.422. The Morgan fingerprint density at radius 1 is 1.33 bits per heavy atom. The maximum absolute atomic E-state index is 8.91. The third kappa shape index (κ3) is 0.994. The summed E-state index contributed by atoms with van der Waals surface area (Å²) in [5, 5.41) is 22.1. The molecule has 0 saturated carbocycles. The van der Waals surface area contributed by atoms with E-state index in [1.165, 1.54) is 6.20 Å². The first-order chi connectivity index (χ1) is 5.79. The largest absolute Gasteiger partial charge is 0.492 e. The Morgan fingerprint density at radius 3 is 2.92 bits per heavy atom. The van der Waals surface area contributed by atoms with Crippen LogP contribution >= 0.6 is 0 Å². The second-order valence-corrected chi connectivity index (χ2v) is 2.47. The van der Waals surface area contributed by atoms with E-state index in [1.807, 2.05) is 0 Å². The van der Waals surface area contributed by atoms with Gasteiger partial charge < -0.3 is 14.6 Å². The zero-order chi connectivity index (χ0) is 8.55. The van der Waals surface area contributed by atoms with Crippen molar-refractivity contribution in [3.63, 3.8) is 0 Å². The fourth-order valence-electron chi connectivity index (χ4n) is 1.12. The molecule has 0 amide bonds. The highest BCUT2D eigenvalue weighted by molar-refractivity contribution is 6.61. The van der Waals surface area contributed by atoms with E-state index >= 15 is 0 Å². The number of rotatable bonds is 1. The highest BCUT2D eigenvalue weighted by atomic mass is 16.5. The number of fused-ring (bicyclic) bond motifs is 1. The molecule has 0 saturated heterocycles. The van der Waals surface area contributed by atoms with Crippen LogP contribution in [0.1, 0.15) is 0 Å². The van der Waals surface area contributed by atoms with Crippen LogP contribution in [0, 0.1) is 0 Å². The quantitative estimate of drug-likeness (QED) is 0.556. The van der Waals surface area contributed by atoms with Crippen LogP contribution in [0.15, 0.2) is 28.9 Å². The molecule has 0 fully saturated rings. The van der Waals surface area contributed by atoms with Crippen molar-refractivity contribution in [1.82, 2.24) is 5.16 Å². The van der Waals surface area contributed by atoms with Crippen molar-refractivity contribution in [1.29, 1.82) is 0 Å². The third-order valence-corrected chi connectivity index (χ3v) is 1.69. The average molecular weight is 163 g/mol. The third-order valence-electron chi connectivity index (χ3n) is 1.69. The molecule has 1 heterocycles. The maximum atomic E-state index is 8.91. The normalized spacial score (nSPS) is 10.5. The zero-order valence-electron chi connectivity index (χ0n) is 6.14. The fraction of sp³-hybridized carbons (Fsp3) is 0. The molecule has 0 aliphatic heterocycles. The summed E-state index contributed by atoms with van der Waals surface area (Å²) < 4.78 is 4.84. The molecule has 1 aromatic carbocycles. The van der Waals surface area contributed by atoms with E-state index in [9.17, 15) is 0 Å². The van der Waals surface area contributed by atoms with E-state index in [1.54, 1.807) is 18.2 Å². The molecule has 0 atom stereocenters. The van der Waals surface area contributed by atoms with Crippen LogP contribution in [0.3, 0.4) is 0 Å². The van der Waals surface area contributed by atoms with Crippen LogP contribution in [0.5, 0.6) is 0 Å². The number of hydrogen-bond acceptors (Lipinski definition) is 4. The van der Waals surface area contributed by atoms with Gasteiger partial charge in [0.05, 0.1) is 6.20 Å². The minimum absolute atomic E-state index is 0.338. The maximum Gasteiger partial charge on any atom is 0.492 e. The second kappa shape index (κ2) is 2.62. The molecule has 0 radical (unpaired) electrons. The predicted octanol–water partition coefficient (Wildman–Crippen LogP) is -0.492. The summed E-state index contributed by atoms with van der Waals surface area (Å²) in [6.07, 6.45) is 1.53. The van der Waals surface area contributed by atoms with Crippen LogP contribution < -0.4 is 5.46 Å². The van der Waals surface area contributed by atoms with Crippen LogP contribution in [0.2, 0.25) is 0 Å². The Labute approximate surface area is 68.6 Å². The molecule has 0 spiro atoms. The van der Waals surface area contributed by atoms with Gasteiger partial charge in [-0.25, -0.2) is 0 Å². The number of para-hydroxylation sites is 1. The van der Waals surface area contributed by atoms with Gasteiger partial charge in [0.15, 0.2) is 5.58 Å². The van der Waals surface area contributed by atoms with E-state index in [0.717, 1.165) is 5.39 Å². The number of nitrogens with zero attached hydrogens (tertiary/aromatic N) is 1. The van der Waals surface area contributed by atoms with Crippen molar-refractivity contribution in [3.8, 4) is 0 Å². The van der Waals surface area contributed by atoms with Gasteiger partial charge in [-0.3, -0.25) is 0 Å². The topological polar surface area (TPSA) is 66.5 Å². The Hall–Kier alpha value is -1.33. The molecule has 60 valence electrons. The summed E-state index contributed by atoms with van der Waals surface area (Å²) >= 11 is 0. The van der Waals surface area contributed by atoms with E-state index < -0.39 is 7.12 Å². The predicted molar refractivity (Wildman–Crippen MR) is 43.8 cm³/mol. The first-order valence-electron chi connectivity index (χ1n) is 3.48. The molecule has 12 heavy (non-hydrogen) atoms. The van der Waals surface area contributed by atoms with E-state index in [-0.39, 0.29) is 0 Å². The first-order valence-corrected chi connectivity index (χ1v) is 3.48. The molecule has 0 aliphatic rings. The van der Waals surface area contributed by atoms with Crippen molar-refractivity contribution < 1.29 is 14.6 Å². The zero-order valence-corrected chi connectivity index (χ0v) is 6.14. The van der Waals surface area contributed by atoms with Crippen LogP contribution in [0.25, 0.3) is 11.0 Å². The summed E-state index contributed by atoms with van der Waals surface area (Å²) in [7, 11) is -1.51. The van der Waals surface area contributed by atoms with Gasteiger partial charge in [0, 0.05) is 10.8 Å². The Morgan fingerprint density at radius 2 is 2.17 bits per heavy atom. The van der Waals surface area contributed by atoms with Gasteiger partial charge in [0.25, 0.3) is 0 Å². The Balaban J connectivity index is 2.73. The van der Waals surface area contributed by atoms with Crippen molar-refractivity contribution in [2.24, 2.45) is 0 Å². The van der Waals surface area contributed by atoms with Gasteiger partial charge in [-0.15, -0.1) is 0 Å². The monoisotopic (exact) mass is 163 g/mol. The number of benzene rings is 1. The highest BCUT2D eigenvalue weighted by Gasteiger charge is 2.16. The minimum Gasteiger partial charge on any atom is -0.423 e. The van der Waals surface area contributed by atoms with Crippen molar-refractivity contribution in [3.05, 3.63) is 24.4 Å². The SMILES string of the molecule is OB(O)c1cccc2cnoc12. The molecule has 0 aliphatic carbocycles. The van der Waals surface area contributed by atoms with E-state index in [0.29, 0.717) is 11.0 Å². The van der Waals surface area contributed by atoms with E-state index in [2.05, 4.69) is 5.16 Å². The summed E-state index contributed by atoms with van der Waals surface area (Å²) in [5.41, 5.74) is 0.762. The van der Waals surface area contributed by atoms with Gasteiger partial charge in [0.2, 0.25) is 0 Å². The van der Waals surface area contributed by atoms with Crippen molar-refractivity contribution >= 4 is 23.6 Å². The summed E-state index contributed by atoms with van der Waals surface area (Å²) in [4.78, 5) is 0. The minimum atomic E-state index is -1.51. The Kier molecular flexibility index (Phi) is 1.60. The molecule has 2 rings (SSSR count). The van der Waals surface area contributed by atoms with Crippen LogP contribution in [0.4, 0.5) is 0 Å². The lowest BCUT2D eigenvalue weighted by atomic mass is 9.79. The first kappa shape index (κ1) is 7.33. The van der Waals surface area contributed by atoms with Crippen LogP contribution in [-0.4, -0.2) is 22.3 Å². The smallest absolute Gasteiger partial charge is 0.423 e. The van der Waals surface area contributed by atoms with Gasteiger partial charge in [-0.2, -0.15) is 0 Å². The lowest BCUT2D eigenvalue weighted by Gasteiger charge is -1.97. The van der Waals surface area contributed by atoms with Gasteiger partial charge >= 0.3 is 7.12 Å². The molecule has 1 aromatic heterocycles. The summed E-state index contributed by atoms with van der Waals surface area (Å²) in [6, 6.07) is 5.09. The summed E-state index contributed by atoms with van der Waals surface area (Å²) in [6.45, 7) is 0. The van der Waals surface area contributed by atoms with Crippen molar-refractivity contribution in [2.45, 2.75) is 0 Å². The molecule has 0 unspecified atom stereocenters. The van der Waals surface area contributed by atoms with Gasteiger partial charge in [-0.1, -0.05) is 17.3 Å². The molecule has 4 nitrogen and oxygen atoms in total. The molecule has 2 N–H and O–H groups in total. The Bertz CT molecular complexity index is 398. The number of aromatic nitrogens is 1. The van der Waals surface area contributed by atoms with Gasteiger partial charge in [-0.05, 0) is 6.07 Å². The van der Waals surface area contributed by atoms with E-state index in [4.69, 9.17) is 14.6 Å². The second-order valence-electron chi connectivity index (χ2n) is 2.47.